The Hall–Kier alpha value is 0.660. The second kappa shape index (κ2) is 6.20. The van der Waals surface area contributed by atoms with Crippen LogP contribution in [0.15, 0.2) is 27.1 Å². The highest BCUT2D eigenvalue weighted by atomic mass is 79.9. The maximum atomic E-state index is 3.55. The third-order valence-corrected chi connectivity index (χ3v) is 3.67. The van der Waals surface area contributed by atoms with Gasteiger partial charge in [0, 0.05) is 14.3 Å². The third-order valence-electron chi connectivity index (χ3n) is 1.84. The molecule has 0 saturated carbocycles. The lowest BCUT2D eigenvalue weighted by Crippen LogP contribution is -1.88. The van der Waals surface area contributed by atoms with Crippen molar-refractivity contribution in [3.05, 3.63) is 32.7 Å². The molecule has 0 aliphatic heterocycles. The van der Waals surface area contributed by atoms with Crippen LogP contribution in [0.5, 0.6) is 0 Å². The molecule has 1 aromatic rings. The van der Waals surface area contributed by atoms with Crippen LogP contribution in [0, 0.1) is 0 Å². The minimum Gasteiger partial charge on any atom is -0.0928 e. The zero-order valence-electron chi connectivity index (χ0n) is 7.19. The van der Waals surface area contributed by atoms with Gasteiger partial charge in [0.05, 0.1) is 0 Å². The van der Waals surface area contributed by atoms with Crippen molar-refractivity contribution in [3.8, 4) is 0 Å². The van der Waals surface area contributed by atoms with E-state index >= 15 is 0 Å². The summed E-state index contributed by atoms with van der Waals surface area (Å²) in [5, 5.41) is 1.10. The fourth-order valence-electron chi connectivity index (χ4n) is 1.14. The highest BCUT2D eigenvalue weighted by Crippen LogP contribution is 2.23. The summed E-state index contributed by atoms with van der Waals surface area (Å²) < 4.78 is 2.37. The van der Waals surface area contributed by atoms with Gasteiger partial charge in [-0.25, -0.2) is 0 Å². The number of unbranched alkanes of at least 4 members (excludes halogenated alkanes) is 1. The molecular formula is C10H11Br3. The zero-order chi connectivity index (χ0) is 9.68. The van der Waals surface area contributed by atoms with Gasteiger partial charge < -0.3 is 0 Å². The van der Waals surface area contributed by atoms with Crippen LogP contribution in [0.2, 0.25) is 0 Å². The van der Waals surface area contributed by atoms with Crippen molar-refractivity contribution in [3.63, 3.8) is 0 Å². The predicted molar refractivity (Wildman–Crippen MR) is 68.6 cm³/mol. The maximum absolute atomic E-state index is 3.55. The van der Waals surface area contributed by atoms with E-state index in [-0.39, 0.29) is 0 Å². The molecule has 0 aliphatic rings. The number of benzene rings is 1. The van der Waals surface area contributed by atoms with Crippen molar-refractivity contribution in [1.29, 1.82) is 0 Å². The minimum absolute atomic E-state index is 1.10. The molecule has 0 heterocycles. The van der Waals surface area contributed by atoms with Crippen molar-refractivity contribution < 1.29 is 0 Å². The summed E-state index contributed by atoms with van der Waals surface area (Å²) in [7, 11) is 0. The molecule has 0 spiro atoms. The zero-order valence-corrected chi connectivity index (χ0v) is 12.0. The van der Waals surface area contributed by atoms with E-state index in [1.165, 1.54) is 22.9 Å². The van der Waals surface area contributed by atoms with Gasteiger partial charge >= 0.3 is 0 Å². The summed E-state index contributed by atoms with van der Waals surface area (Å²) in [6.45, 7) is 0. The van der Waals surface area contributed by atoms with Crippen molar-refractivity contribution in [2.75, 3.05) is 5.33 Å². The second-order valence-electron chi connectivity index (χ2n) is 2.88. The lowest BCUT2D eigenvalue weighted by Gasteiger charge is -2.04. The Bertz CT molecular complexity index is 271. The van der Waals surface area contributed by atoms with Gasteiger partial charge in [-0.05, 0) is 43.0 Å². The summed E-state index contributed by atoms with van der Waals surface area (Å²) in [6.07, 6.45) is 3.62. The van der Waals surface area contributed by atoms with Gasteiger partial charge in [-0.2, -0.15) is 0 Å². The largest absolute Gasteiger partial charge is 0.0928 e. The van der Waals surface area contributed by atoms with Crippen molar-refractivity contribution in [1.82, 2.24) is 0 Å². The number of hydrogen-bond donors (Lipinski definition) is 0. The Morgan fingerprint density at radius 3 is 2.54 bits per heavy atom. The number of aryl methyl sites for hydroxylation is 1. The summed E-state index contributed by atoms with van der Waals surface area (Å²) in [4.78, 5) is 0. The van der Waals surface area contributed by atoms with Gasteiger partial charge in [-0.15, -0.1) is 0 Å². The molecular weight excluding hydrogens is 360 g/mol. The first-order chi connectivity index (χ1) is 6.24. The molecule has 1 rings (SSSR count). The standard InChI is InChI=1S/C10H11Br3/c11-6-2-1-3-8-7-9(12)4-5-10(8)13/h4-5,7H,1-3,6H2. The van der Waals surface area contributed by atoms with E-state index < -0.39 is 0 Å². The number of rotatable bonds is 4. The maximum Gasteiger partial charge on any atom is 0.0208 e. The van der Waals surface area contributed by atoms with Crippen LogP contribution in [-0.4, -0.2) is 5.33 Å². The smallest absolute Gasteiger partial charge is 0.0208 e. The lowest BCUT2D eigenvalue weighted by atomic mass is 10.1. The van der Waals surface area contributed by atoms with Gasteiger partial charge in [0.2, 0.25) is 0 Å². The van der Waals surface area contributed by atoms with Crippen LogP contribution in [0.4, 0.5) is 0 Å². The Balaban J connectivity index is 2.59. The Kier molecular flexibility index (Phi) is 5.60. The van der Waals surface area contributed by atoms with E-state index in [0.717, 1.165) is 16.2 Å². The number of hydrogen-bond acceptors (Lipinski definition) is 0. The van der Waals surface area contributed by atoms with Gasteiger partial charge in [-0.3, -0.25) is 0 Å². The molecule has 0 N–H and O–H groups in total. The normalized spacial score (nSPS) is 10.4. The van der Waals surface area contributed by atoms with Crippen molar-refractivity contribution >= 4 is 47.8 Å². The topological polar surface area (TPSA) is 0 Å². The number of alkyl halides is 1. The molecule has 0 bridgehead atoms. The molecule has 0 fully saturated rings. The molecule has 13 heavy (non-hydrogen) atoms. The van der Waals surface area contributed by atoms with Crippen LogP contribution >= 0.6 is 47.8 Å². The van der Waals surface area contributed by atoms with E-state index in [0.29, 0.717) is 0 Å². The van der Waals surface area contributed by atoms with E-state index in [9.17, 15) is 0 Å². The van der Waals surface area contributed by atoms with Crippen molar-refractivity contribution in [2.45, 2.75) is 19.3 Å². The van der Waals surface area contributed by atoms with E-state index in [1.54, 1.807) is 0 Å². The summed E-state index contributed by atoms with van der Waals surface area (Å²) >= 11 is 10.5. The SMILES string of the molecule is BrCCCCc1cc(Br)ccc1Br. The van der Waals surface area contributed by atoms with E-state index in [4.69, 9.17) is 0 Å². The first-order valence-corrected chi connectivity index (χ1v) is 6.94. The molecule has 0 unspecified atom stereocenters. The highest BCUT2D eigenvalue weighted by molar-refractivity contribution is 9.11. The molecule has 0 amide bonds. The predicted octanol–water partition coefficient (Wildman–Crippen LogP) is 4.93. The summed E-state index contributed by atoms with van der Waals surface area (Å²) in [5.74, 6) is 0. The van der Waals surface area contributed by atoms with Gasteiger partial charge in [0.1, 0.15) is 0 Å². The molecule has 0 saturated heterocycles. The van der Waals surface area contributed by atoms with Gasteiger partial charge in [-0.1, -0.05) is 47.8 Å². The summed E-state index contributed by atoms with van der Waals surface area (Å²) in [5.41, 5.74) is 1.38. The van der Waals surface area contributed by atoms with Crippen molar-refractivity contribution in [2.24, 2.45) is 0 Å². The number of halogens is 3. The first-order valence-electron chi connectivity index (χ1n) is 4.24. The van der Waals surface area contributed by atoms with E-state index in [2.05, 4.69) is 66.0 Å². The molecule has 0 aliphatic carbocycles. The van der Waals surface area contributed by atoms with Gasteiger partial charge in [0.15, 0.2) is 0 Å². The second-order valence-corrected chi connectivity index (χ2v) is 5.44. The van der Waals surface area contributed by atoms with Crippen LogP contribution < -0.4 is 0 Å². The van der Waals surface area contributed by atoms with Crippen LogP contribution in [0.25, 0.3) is 0 Å². The third kappa shape index (κ3) is 4.13. The monoisotopic (exact) mass is 368 g/mol. The molecule has 0 radical (unpaired) electrons. The first kappa shape index (κ1) is 11.7. The molecule has 0 aromatic heterocycles. The minimum atomic E-state index is 1.10. The Morgan fingerprint density at radius 2 is 1.85 bits per heavy atom. The molecule has 3 heteroatoms. The fraction of sp³-hybridized carbons (Fsp3) is 0.400. The van der Waals surface area contributed by atoms with E-state index in [1.807, 2.05) is 0 Å². The average molecular weight is 371 g/mol. The van der Waals surface area contributed by atoms with Crippen LogP contribution in [0.3, 0.4) is 0 Å². The highest BCUT2D eigenvalue weighted by Gasteiger charge is 1.99. The lowest BCUT2D eigenvalue weighted by molar-refractivity contribution is 0.803. The molecule has 0 atom stereocenters. The summed E-state index contributed by atoms with van der Waals surface area (Å²) in [6, 6.07) is 6.32. The van der Waals surface area contributed by atoms with Crippen LogP contribution in [-0.2, 0) is 6.42 Å². The fourth-order valence-corrected chi connectivity index (χ4v) is 2.39. The average Bonchev–Trinajstić information content (AvgIpc) is 2.11. The van der Waals surface area contributed by atoms with Gasteiger partial charge in [0.25, 0.3) is 0 Å². The van der Waals surface area contributed by atoms with Crippen LogP contribution in [0.1, 0.15) is 18.4 Å². The molecule has 0 nitrogen and oxygen atoms in total. The Morgan fingerprint density at radius 1 is 1.08 bits per heavy atom. The molecule has 72 valence electrons. The molecule has 1 aromatic carbocycles. The quantitative estimate of drug-likeness (QED) is 0.520. The Labute approximate surface area is 104 Å².